The summed E-state index contributed by atoms with van der Waals surface area (Å²) in [5.41, 5.74) is 0. The van der Waals surface area contributed by atoms with Gasteiger partial charge in [-0.1, -0.05) is 13.8 Å². The van der Waals surface area contributed by atoms with Gasteiger partial charge in [0.15, 0.2) is 0 Å². The Bertz CT molecular complexity index is 109. The van der Waals surface area contributed by atoms with Crippen LogP contribution in [-0.2, 0) is 9.53 Å². The molecule has 1 saturated heterocycles. The molecule has 0 amide bonds. The number of ether oxygens (including phenoxy) is 1. The van der Waals surface area contributed by atoms with E-state index in [-0.39, 0.29) is 5.92 Å². The van der Waals surface area contributed by atoms with Crippen LogP contribution in [0.15, 0.2) is 0 Å². The first kappa shape index (κ1) is 11.6. The van der Waals surface area contributed by atoms with Crippen molar-refractivity contribution in [2.24, 2.45) is 5.92 Å². The summed E-state index contributed by atoms with van der Waals surface area (Å²) >= 11 is 0. The van der Waals surface area contributed by atoms with E-state index in [1.807, 2.05) is 13.8 Å². The van der Waals surface area contributed by atoms with Gasteiger partial charge in [-0.3, -0.25) is 4.79 Å². The van der Waals surface area contributed by atoms with Crippen LogP contribution in [0.3, 0.4) is 0 Å². The number of carbonyl (C=O) groups excluding carboxylic acids is 1. The number of ketones is 1. The lowest BCUT2D eigenvalue weighted by molar-refractivity contribution is -0.120. The van der Waals surface area contributed by atoms with Crippen LogP contribution in [0.4, 0.5) is 0 Å². The van der Waals surface area contributed by atoms with Crippen LogP contribution in [0.1, 0.15) is 40.0 Å². The zero-order valence-corrected chi connectivity index (χ0v) is 8.43. The summed E-state index contributed by atoms with van der Waals surface area (Å²) in [6, 6.07) is 0. The highest BCUT2D eigenvalue weighted by atomic mass is 16.5. The van der Waals surface area contributed by atoms with E-state index in [0.29, 0.717) is 5.78 Å². The lowest BCUT2D eigenvalue weighted by Gasteiger charge is -1.98. The van der Waals surface area contributed by atoms with Crippen LogP contribution in [0.2, 0.25) is 0 Å². The van der Waals surface area contributed by atoms with E-state index >= 15 is 0 Å². The molecule has 1 rings (SSSR count). The molecule has 0 spiro atoms. The van der Waals surface area contributed by atoms with Crippen molar-refractivity contribution in [2.75, 3.05) is 13.2 Å². The molecule has 0 aliphatic carbocycles. The van der Waals surface area contributed by atoms with Crippen molar-refractivity contribution in [1.82, 2.24) is 0 Å². The van der Waals surface area contributed by atoms with Gasteiger partial charge in [-0.05, 0) is 26.2 Å². The Balaban J connectivity index is 0.000000211. The molecule has 12 heavy (non-hydrogen) atoms. The van der Waals surface area contributed by atoms with Crippen molar-refractivity contribution in [3.8, 4) is 0 Å². The van der Waals surface area contributed by atoms with Gasteiger partial charge >= 0.3 is 0 Å². The summed E-state index contributed by atoms with van der Waals surface area (Å²) < 4.78 is 4.94. The SMILES string of the molecule is C1CCOC1.CCC(C)C(C)=O. The summed E-state index contributed by atoms with van der Waals surface area (Å²) in [5, 5.41) is 0. The Morgan fingerprint density at radius 1 is 1.42 bits per heavy atom. The highest BCUT2D eigenvalue weighted by Crippen LogP contribution is 1.99. The van der Waals surface area contributed by atoms with Crippen LogP contribution < -0.4 is 0 Å². The maximum Gasteiger partial charge on any atom is 0.132 e. The molecule has 0 radical (unpaired) electrons. The van der Waals surface area contributed by atoms with Crippen LogP contribution in [0, 0.1) is 5.92 Å². The van der Waals surface area contributed by atoms with E-state index in [1.165, 1.54) is 12.8 Å². The van der Waals surface area contributed by atoms with Gasteiger partial charge in [0.25, 0.3) is 0 Å². The topological polar surface area (TPSA) is 26.3 Å². The molecule has 72 valence electrons. The maximum absolute atomic E-state index is 10.4. The third kappa shape index (κ3) is 6.35. The first-order chi connectivity index (χ1) is 5.68. The van der Waals surface area contributed by atoms with E-state index in [4.69, 9.17) is 4.74 Å². The minimum absolute atomic E-state index is 0.264. The highest BCUT2D eigenvalue weighted by Gasteiger charge is 2.01. The smallest absolute Gasteiger partial charge is 0.132 e. The van der Waals surface area contributed by atoms with Crippen LogP contribution in [0.25, 0.3) is 0 Å². The molecule has 2 nitrogen and oxygen atoms in total. The Kier molecular flexibility index (Phi) is 7.06. The highest BCUT2D eigenvalue weighted by molar-refractivity contribution is 5.77. The van der Waals surface area contributed by atoms with Crippen LogP contribution in [0.5, 0.6) is 0 Å². The number of hydrogen-bond donors (Lipinski definition) is 0. The van der Waals surface area contributed by atoms with Gasteiger partial charge in [-0.15, -0.1) is 0 Å². The second-order valence-electron chi connectivity index (χ2n) is 3.24. The predicted octanol–water partition coefficient (Wildman–Crippen LogP) is 2.42. The lowest BCUT2D eigenvalue weighted by Crippen LogP contribution is -2.03. The predicted molar refractivity (Wildman–Crippen MR) is 50.2 cm³/mol. The number of hydrogen-bond acceptors (Lipinski definition) is 2. The van der Waals surface area contributed by atoms with Crippen molar-refractivity contribution < 1.29 is 9.53 Å². The lowest BCUT2D eigenvalue weighted by atomic mass is 10.1. The van der Waals surface area contributed by atoms with E-state index in [9.17, 15) is 4.79 Å². The van der Waals surface area contributed by atoms with Gasteiger partial charge < -0.3 is 4.74 Å². The summed E-state index contributed by atoms with van der Waals surface area (Å²) in [7, 11) is 0. The van der Waals surface area contributed by atoms with E-state index in [0.717, 1.165) is 19.6 Å². The minimum Gasteiger partial charge on any atom is -0.381 e. The molecule has 0 aromatic carbocycles. The molecular formula is C10H20O2. The Hall–Kier alpha value is -0.370. The normalized spacial score (nSPS) is 17.9. The average Bonchev–Trinajstić information content (AvgIpc) is 2.59. The van der Waals surface area contributed by atoms with Crippen molar-refractivity contribution in [3.63, 3.8) is 0 Å². The largest absolute Gasteiger partial charge is 0.381 e. The first-order valence-corrected chi connectivity index (χ1v) is 4.76. The molecule has 1 heterocycles. The second kappa shape index (κ2) is 7.29. The molecule has 1 atom stereocenters. The Labute approximate surface area is 75.3 Å². The molecule has 0 N–H and O–H groups in total. The second-order valence-corrected chi connectivity index (χ2v) is 3.24. The fourth-order valence-electron chi connectivity index (χ4n) is 0.798. The molecular weight excluding hydrogens is 152 g/mol. The Morgan fingerprint density at radius 3 is 2.00 bits per heavy atom. The monoisotopic (exact) mass is 172 g/mol. The molecule has 1 fully saturated rings. The molecule has 1 aliphatic rings. The summed E-state index contributed by atoms with van der Waals surface area (Å²) in [5.74, 6) is 0.558. The maximum atomic E-state index is 10.4. The number of rotatable bonds is 2. The Morgan fingerprint density at radius 2 is 1.92 bits per heavy atom. The van der Waals surface area contributed by atoms with Crippen molar-refractivity contribution >= 4 is 5.78 Å². The molecule has 0 bridgehead atoms. The van der Waals surface area contributed by atoms with Gasteiger partial charge in [0, 0.05) is 19.1 Å². The molecule has 0 aromatic rings. The summed E-state index contributed by atoms with van der Waals surface area (Å²) in [4.78, 5) is 10.4. The number of Topliss-reactive ketones (excluding diaryl/α,β-unsaturated/α-hetero) is 1. The van der Waals surface area contributed by atoms with Gasteiger partial charge in [0.2, 0.25) is 0 Å². The molecule has 0 saturated carbocycles. The molecule has 1 unspecified atom stereocenters. The van der Waals surface area contributed by atoms with E-state index in [2.05, 4.69) is 0 Å². The molecule has 2 heteroatoms. The van der Waals surface area contributed by atoms with Gasteiger partial charge in [-0.25, -0.2) is 0 Å². The standard InChI is InChI=1S/C6H12O.C4H8O/c1-4-5(2)6(3)7;1-2-4-5-3-1/h5H,4H2,1-3H3;1-4H2. The third-order valence-electron chi connectivity index (χ3n) is 2.13. The zero-order chi connectivity index (χ0) is 9.40. The molecule has 0 aromatic heterocycles. The first-order valence-electron chi connectivity index (χ1n) is 4.76. The summed E-state index contributed by atoms with van der Waals surface area (Å²) in [6.45, 7) is 7.60. The van der Waals surface area contributed by atoms with Crippen molar-refractivity contribution in [2.45, 2.75) is 40.0 Å². The van der Waals surface area contributed by atoms with E-state index in [1.54, 1.807) is 6.92 Å². The quantitative estimate of drug-likeness (QED) is 0.639. The average molecular weight is 172 g/mol. The van der Waals surface area contributed by atoms with Crippen LogP contribution in [-0.4, -0.2) is 19.0 Å². The van der Waals surface area contributed by atoms with Gasteiger partial charge in [0.1, 0.15) is 5.78 Å². The summed E-state index contributed by atoms with van der Waals surface area (Å²) in [6.07, 6.45) is 3.52. The van der Waals surface area contributed by atoms with Gasteiger partial charge in [0.05, 0.1) is 0 Å². The van der Waals surface area contributed by atoms with Crippen molar-refractivity contribution in [1.29, 1.82) is 0 Å². The fraction of sp³-hybridized carbons (Fsp3) is 0.900. The minimum atomic E-state index is 0.264. The van der Waals surface area contributed by atoms with Gasteiger partial charge in [-0.2, -0.15) is 0 Å². The van der Waals surface area contributed by atoms with E-state index < -0.39 is 0 Å². The fourth-order valence-corrected chi connectivity index (χ4v) is 0.798. The molecule has 1 aliphatic heterocycles. The number of carbonyl (C=O) groups is 1. The zero-order valence-electron chi connectivity index (χ0n) is 8.43. The van der Waals surface area contributed by atoms with Crippen molar-refractivity contribution in [3.05, 3.63) is 0 Å². The third-order valence-corrected chi connectivity index (χ3v) is 2.13. The van der Waals surface area contributed by atoms with Crippen LogP contribution >= 0.6 is 0 Å².